The highest BCUT2D eigenvalue weighted by molar-refractivity contribution is 6.02. The van der Waals surface area contributed by atoms with Crippen molar-refractivity contribution in [2.75, 3.05) is 5.32 Å². The smallest absolute Gasteiger partial charge is 0.416 e. The van der Waals surface area contributed by atoms with Crippen LogP contribution in [0, 0.1) is 0 Å². The van der Waals surface area contributed by atoms with Crippen molar-refractivity contribution in [2.45, 2.75) is 32.4 Å². The molecule has 1 heterocycles. The van der Waals surface area contributed by atoms with Crippen LogP contribution in [0.25, 0.3) is 11.5 Å². The van der Waals surface area contributed by atoms with E-state index in [-0.39, 0.29) is 11.6 Å². The number of hydrogen-bond donors (Lipinski definition) is 1. The van der Waals surface area contributed by atoms with Crippen molar-refractivity contribution in [1.82, 2.24) is 4.98 Å². The fourth-order valence-corrected chi connectivity index (χ4v) is 2.64. The summed E-state index contributed by atoms with van der Waals surface area (Å²) < 4.78 is 43.1. The van der Waals surface area contributed by atoms with Crippen molar-refractivity contribution >= 4 is 11.6 Å². The molecule has 1 aromatic heterocycles. The van der Waals surface area contributed by atoms with Gasteiger partial charge >= 0.3 is 6.18 Å². The van der Waals surface area contributed by atoms with Crippen LogP contribution in [-0.4, -0.2) is 10.9 Å². The highest BCUT2D eigenvalue weighted by Crippen LogP contribution is 2.30. The van der Waals surface area contributed by atoms with Gasteiger partial charge in [0.1, 0.15) is 6.26 Å². The molecule has 3 rings (SSSR count). The summed E-state index contributed by atoms with van der Waals surface area (Å²) in [5, 5.41) is 2.73. The Morgan fingerprint density at radius 2 is 1.75 bits per heavy atom. The third-order valence-electron chi connectivity index (χ3n) is 4.23. The molecule has 1 amide bonds. The molecule has 2 aromatic carbocycles. The normalized spacial score (nSPS) is 11.4. The lowest BCUT2D eigenvalue weighted by atomic mass is 10.1. The second kappa shape index (κ2) is 8.29. The van der Waals surface area contributed by atoms with Gasteiger partial charge in [0.25, 0.3) is 5.91 Å². The topological polar surface area (TPSA) is 55.1 Å². The lowest BCUT2D eigenvalue weighted by Gasteiger charge is -2.06. The Balaban J connectivity index is 1.67. The molecular formula is C21H19F3N2O2. The number of carbonyl (C=O) groups excluding carboxylic acids is 1. The summed E-state index contributed by atoms with van der Waals surface area (Å²) in [6.07, 6.45) is -0.0159. The van der Waals surface area contributed by atoms with E-state index in [1.807, 2.05) is 24.3 Å². The van der Waals surface area contributed by atoms with Gasteiger partial charge in [-0.1, -0.05) is 25.5 Å². The molecule has 0 aliphatic carbocycles. The number of aryl methyl sites for hydroxylation is 1. The molecule has 0 unspecified atom stereocenters. The van der Waals surface area contributed by atoms with E-state index in [9.17, 15) is 18.0 Å². The van der Waals surface area contributed by atoms with Crippen LogP contribution in [0.2, 0.25) is 0 Å². The summed E-state index contributed by atoms with van der Waals surface area (Å²) in [4.78, 5) is 16.4. The highest BCUT2D eigenvalue weighted by atomic mass is 19.4. The summed E-state index contributed by atoms with van der Waals surface area (Å²) >= 11 is 0. The Hall–Kier alpha value is -3.09. The number of benzene rings is 2. The molecule has 4 nitrogen and oxygen atoms in total. The molecule has 0 radical (unpaired) electrons. The van der Waals surface area contributed by atoms with Gasteiger partial charge in [0.2, 0.25) is 5.89 Å². The first-order chi connectivity index (χ1) is 13.4. The fourth-order valence-electron chi connectivity index (χ4n) is 2.64. The van der Waals surface area contributed by atoms with Crippen molar-refractivity contribution in [2.24, 2.45) is 0 Å². The van der Waals surface area contributed by atoms with E-state index in [1.165, 1.54) is 24.0 Å². The van der Waals surface area contributed by atoms with Gasteiger partial charge in [-0.25, -0.2) is 4.98 Å². The van der Waals surface area contributed by atoms with E-state index in [2.05, 4.69) is 17.2 Å². The number of amides is 1. The molecule has 0 atom stereocenters. The van der Waals surface area contributed by atoms with Crippen molar-refractivity contribution in [3.05, 3.63) is 71.6 Å². The second-order valence-corrected chi connectivity index (χ2v) is 6.37. The molecule has 28 heavy (non-hydrogen) atoms. The van der Waals surface area contributed by atoms with Crippen molar-refractivity contribution < 1.29 is 22.4 Å². The van der Waals surface area contributed by atoms with E-state index in [4.69, 9.17) is 4.42 Å². The molecule has 1 N–H and O–H groups in total. The zero-order valence-electron chi connectivity index (χ0n) is 15.2. The number of oxazole rings is 1. The number of hydrogen-bond acceptors (Lipinski definition) is 3. The van der Waals surface area contributed by atoms with Crippen LogP contribution in [0.5, 0.6) is 0 Å². The number of rotatable bonds is 6. The number of halogens is 3. The largest absolute Gasteiger partial charge is 0.444 e. The molecule has 0 aliphatic rings. The minimum atomic E-state index is -4.41. The Morgan fingerprint density at radius 1 is 1.07 bits per heavy atom. The summed E-state index contributed by atoms with van der Waals surface area (Å²) in [5.74, 6) is -0.378. The molecule has 0 saturated heterocycles. The van der Waals surface area contributed by atoms with Gasteiger partial charge in [0, 0.05) is 11.3 Å². The van der Waals surface area contributed by atoms with Crippen molar-refractivity contribution in [3.63, 3.8) is 0 Å². The number of carbonyl (C=O) groups is 1. The van der Waals surface area contributed by atoms with Crippen LogP contribution in [0.15, 0.2) is 59.2 Å². The maximum absolute atomic E-state index is 12.6. The van der Waals surface area contributed by atoms with Crippen LogP contribution >= 0.6 is 0 Å². The second-order valence-electron chi connectivity index (χ2n) is 6.37. The van der Waals surface area contributed by atoms with Crippen LogP contribution in [0.1, 0.15) is 41.4 Å². The van der Waals surface area contributed by atoms with E-state index < -0.39 is 17.6 Å². The molecule has 0 spiro atoms. The average molecular weight is 388 g/mol. The van der Waals surface area contributed by atoms with Crippen molar-refractivity contribution in [1.29, 1.82) is 0 Å². The first kappa shape index (κ1) is 19.7. The number of nitrogens with one attached hydrogen (secondary N) is 1. The maximum Gasteiger partial charge on any atom is 0.416 e. The third-order valence-corrected chi connectivity index (χ3v) is 4.23. The molecule has 3 aromatic rings. The summed E-state index contributed by atoms with van der Waals surface area (Å²) in [7, 11) is 0. The SMILES string of the molecule is CCCCc1ccc(NC(=O)c2coc(-c3ccc(C(F)(F)F)cc3)n2)cc1. The first-order valence-corrected chi connectivity index (χ1v) is 8.90. The van der Waals surface area contributed by atoms with Crippen LogP contribution in [0.4, 0.5) is 18.9 Å². The zero-order valence-corrected chi connectivity index (χ0v) is 15.2. The van der Waals surface area contributed by atoms with Gasteiger partial charge < -0.3 is 9.73 Å². The lowest BCUT2D eigenvalue weighted by Crippen LogP contribution is -2.12. The molecular weight excluding hydrogens is 369 g/mol. The zero-order chi connectivity index (χ0) is 20.1. The van der Waals surface area contributed by atoms with E-state index >= 15 is 0 Å². The van der Waals surface area contributed by atoms with E-state index in [0.717, 1.165) is 31.4 Å². The van der Waals surface area contributed by atoms with Gasteiger partial charge in [-0.2, -0.15) is 13.2 Å². The summed E-state index contributed by atoms with van der Waals surface area (Å²) in [6.45, 7) is 2.13. The minimum absolute atomic E-state index is 0.0463. The predicted octanol–water partition coefficient (Wildman–Crippen LogP) is 5.96. The van der Waals surface area contributed by atoms with Crippen LogP contribution in [-0.2, 0) is 12.6 Å². The monoisotopic (exact) mass is 388 g/mol. The van der Waals surface area contributed by atoms with E-state index in [0.29, 0.717) is 11.3 Å². The number of nitrogens with zero attached hydrogens (tertiary/aromatic N) is 1. The molecule has 0 fully saturated rings. The maximum atomic E-state index is 12.6. The number of unbranched alkanes of at least 4 members (excludes halogenated alkanes) is 1. The fraction of sp³-hybridized carbons (Fsp3) is 0.238. The van der Waals surface area contributed by atoms with Crippen molar-refractivity contribution in [3.8, 4) is 11.5 Å². The van der Waals surface area contributed by atoms with E-state index in [1.54, 1.807) is 0 Å². The quantitative estimate of drug-likeness (QED) is 0.567. The standard InChI is InChI=1S/C21H19F3N2O2/c1-2-3-4-14-5-11-17(12-6-14)25-19(27)18-13-28-20(26-18)15-7-9-16(10-8-15)21(22,23)24/h5-13H,2-4H2,1H3,(H,25,27). The number of alkyl halides is 3. The number of aromatic nitrogens is 1. The number of anilines is 1. The molecule has 0 aliphatic heterocycles. The van der Waals surface area contributed by atoms with Crippen LogP contribution in [0.3, 0.4) is 0 Å². The van der Waals surface area contributed by atoms with Gasteiger partial charge in [-0.3, -0.25) is 4.79 Å². The van der Waals surface area contributed by atoms with Gasteiger partial charge in [-0.15, -0.1) is 0 Å². The Labute approximate surface area is 160 Å². The molecule has 0 saturated carbocycles. The Morgan fingerprint density at radius 3 is 2.36 bits per heavy atom. The predicted molar refractivity (Wildman–Crippen MR) is 99.9 cm³/mol. The van der Waals surface area contributed by atoms with Crippen LogP contribution < -0.4 is 5.32 Å². The molecule has 7 heteroatoms. The van der Waals surface area contributed by atoms with Gasteiger partial charge in [-0.05, 0) is 54.8 Å². The molecule has 0 bridgehead atoms. The Kier molecular flexibility index (Phi) is 5.82. The third kappa shape index (κ3) is 4.79. The first-order valence-electron chi connectivity index (χ1n) is 8.90. The van der Waals surface area contributed by atoms with Gasteiger partial charge in [0.05, 0.1) is 5.56 Å². The highest BCUT2D eigenvalue weighted by Gasteiger charge is 2.30. The Bertz CT molecular complexity index is 930. The summed E-state index contributed by atoms with van der Waals surface area (Å²) in [6, 6.07) is 12.0. The lowest BCUT2D eigenvalue weighted by molar-refractivity contribution is -0.137. The summed E-state index contributed by atoms with van der Waals surface area (Å²) in [5.41, 5.74) is 1.47. The van der Waals surface area contributed by atoms with Gasteiger partial charge in [0.15, 0.2) is 5.69 Å². The molecule has 146 valence electrons. The minimum Gasteiger partial charge on any atom is -0.444 e. The average Bonchev–Trinajstić information content (AvgIpc) is 3.17.